The second-order valence-corrected chi connectivity index (χ2v) is 10.6. The van der Waals surface area contributed by atoms with Crippen LogP contribution in [0.4, 0.5) is 9.18 Å². The summed E-state index contributed by atoms with van der Waals surface area (Å²) in [7, 11) is -3.53. The van der Waals surface area contributed by atoms with Crippen molar-refractivity contribution in [3.8, 4) is 5.75 Å². The fourth-order valence-electron chi connectivity index (χ4n) is 3.60. The molecule has 1 aromatic heterocycles. The zero-order valence-corrected chi connectivity index (χ0v) is 18.5. The van der Waals surface area contributed by atoms with Gasteiger partial charge in [-0.2, -0.15) is 0 Å². The van der Waals surface area contributed by atoms with Gasteiger partial charge in [-0.25, -0.2) is 17.6 Å². The van der Waals surface area contributed by atoms with Gasteiger partial charge in [0.05, 0.1) is 25.2 Å². The lowest BCUT2D eigenvalue weighted by atomic mass is 10.0. The van der Waals surface area contributed by atoms with Crippen LogP contribution in [0.1, 0.15) is 42.6 Å². The zero-order chi connectivity index (χ0) is 22.9. The topological polar surface area (TPSA) is 106 Å². The first-order chi connectivity index (χ1) is 15.2. The molecule has 8 nitrogen and oxygen atoms in total. The predicted octanol–water partition coefficient (Wildman–Crippen LogP) is 2.98. The fraction of sp³-hybridized carbons (Fsp3) is 0.455. The summed E-state index contributed by atoms with van der Waals surface area (Å²) in [4.78, 5) is 24.2. The van der Waals surface area contributed by atoms with Crippen LogP contribution in [-0.4, -0.2) is 44.2 Å². The van der Waals surface area contributed by atoms with Crippen LogP contribution >= 0.6 is 0 Å². The molecule has 0 spiro atoms. The number of nitrogens with zero attached hydrogens (tertiary/aromatic N) is 1. The van der Waals surface area contributed by atoms with Crippen LogP contribution in [0.25, 0.3) is 0 Å². The number of rotatable bonds is 10. The largest absolute Gasteiger partial charge is 0.490 e. The SMILES string of the molecule is C[C@@H](CS(=O)(=O)Cc1cc(CN2CC(=O)NC2=O)co1)c1ccc(F)c(OCC2CC2)c1. The van der Waals surface area contributed by atoms with Crippen LogP contribution in [-0.2, 0) is 26.9 Å². The summed E-state index contributed by atoms with van der Waals surface area (Å²) in [5, 5.41) is 2.18. The maximum absolute atomic E-state index is 14.0. The van der Waals surface area contributed by atoms with Gasteiger partial charge in [0.25, 0.3) is 0 Å². The quantitative estimate of drug-likeness (QED) is 0.542. The number of carbonyl (C=O) groups is 2. The first kappa shape index (κ1) is 22.3. The number of hydrogen-bond donors (Lipinski definition) is 1. The van der Waals surface area contributed by atoms with Crippen LogP contribution in [0.15, 0.2) is 34.9 Å². The van der Waals surface area contributed by atoms with Crippen molar-refractivity contribution in [2.45, 2.75) is 38.0 Å². The summed E-state index contributed by atoms with van der Waals surface area (Å²) in [6.07, 6.45) is 3.56. The number of imide groups is 1. The second-order valence-electron chi connectivity index (χ2n) is 8.53. The molecule has 1 atom stereocenters. The molecule has 1 saturated carbocycles. The number of sulfone groups is 1. The third kappa shape index (κ3) is 5.67. The van der Waals surface area contributed by atoms with Crippen molar-refractivity contribution in [1.82, 2.24) is 10.2 Å². The van der Waals surface area contributed by atoms with Crippen LogP contribution in [0.2, 0.25) is 0 Å². The highest BCUT2D eigenvalue weighted by molar-refractivity contribution is 7.90. The van der Waals surface area contributed by atoms with E-state index in [1.54, 1.807) is 25.1 Å². The zero-order valence-electron chi connectivity index (χ0n) is 17.7. The summed E-state index contributed by atoms with van der Waals surface area (Å²) < 4.78 is 50.4. The Morgan fingerprint density at radius 3 is 2.75 bits per heavy atom. The molecule has 2 fully saturated rings. The highest BCUT2D eigenvalue weighted by Gasteiger charge is 2.27. The molecule has 2 aromatic rings. The van der Waals surface area contributed by atoms with Crippen LogP contribution in [0.3, 0.4) is 0 Å². The Morgan fingerprint density at radius 1 is 1.28 bits per heavy atom. The molecule has 1 saturated heterocycles. The number of amides is 3. The number of halogens is 1. The molecule has 10 heteroatoms. The van der Waals surface area contributed by atoms with Gasteiger partial charge < -0.3 is 14.1 Å². The van der Waals surface area contributed by atoms with E-state index in [-0.39, 0.29) is 47.9 Å². The smallest absolute Gasteiger partial charge is 0.324 e. The van der Waals surface area contributed by atoms with Crippen molar-refractivity contribution in [3.63, 3.8) is 0 Å². The van der Waals surface area contributed by atoms with Gasteiger partial charge in [-0.1, -0.05) is 13.0 Å². The number of urea groups is 1. The molecule has 1 aliphatic heterocycles. The normalized spacial score (nSPS) is 17.5. The van der Waals surface area contributed by atoms with Crippen molar-refractivity contribution in [2.75, 3.05) is 18.9 Å². The summed E-state index contributed by atoms with van der Waals surface area (Å²) in [6.45, 7) is 2.35. The number of ether oxygens (including phenoxy) is 1. The fourth-order valence-corrected chi connectivity index (χ4v) is 5.25. The number of nitrogens with one attached hydrogen (secondary N) is 1. The van der Waals surface area contributed by atoms with Gasteiger partial charge in [-0.3, -0.25) is 10.1 Å². The third-order valence-corrected chi connectivity index (χ3v) is 7.24. The van der Waals surface area contributed by atoms with Gasteiger partial charge in [-0.15, -0.1) is 0 Å². The lowest BCUT2D eigenvalue weighted by Gasteiger charge is -2.14. The molecule has 2 aliphatic rings. The predicted molar refractivity (Wildman–Crippen MR) is 113 cm³/mol. The lowest BCUT2D eigenvalue weighted by molar-refractivity contribution is -0.118. The van der Waals surface area contributed by atoms with Crippen LogP contribution in [0, 0.1) is 11.7 Å². The minimum atomic E-state index is -3.53. The average Bonchev–Trinajstić information content (AvgIpc) is 3.36. The minimum absolute atomic E-state index is 0.0425. The molecule has 32 heavy (non-hydrogen) atoms. The van der Waals surface area contributed by atoms with E-state index < -0.39 is 21.7 Å². The van der Waals surface area contributed by atoms with Gasteiger partial charge in [0.2, 0.25) is 5.91 Å². The molecule has 1 aliphatic carbocycles. The molecule has 0 bridgehead atoms. The van der Waals surface area contributed by atoms with E-state index in [1.807, 2.05) is 0 Å². The Bertz CT molecular complexity index is 1130. The number of carbonyl (C=O) groups excluding carboxylic acids is 2. The van der Waals surface area contributed by atoms with Crippen LogP contribution < -0.4 is 10.1 Å². The van der Waals surface area contributed by atoms with E-state index >= 15 is 0 Å². The molecule has 172 valence electrons. The summed E-state index contributed by atoms with van der Waals surface area (Å²) in [5.74, 6) is -0.747. The molecule has 0 radical (unpaired) electrons. The van der Waals surface area contributed by atoms with Crippen molar-refractivity contribution in [3.05, 3.63) is 53.2 Å². The van der Waals surface area contributed by atoms with Gasteiger partial charge >= 0.3 is 6.03 Å². The minimum Gasteiger partial charge on any atom is -0.490 e. The van der Waals surface area contributed by atoms with Crippen molar-refractivity contribution in [2.24, 2.45) is 5.92 Å². The average molecular weight is 465 g/mol. The summed E-state index contributed by atoms with van der Waals surface area (Å²) in [6, 6.07) is 5.54. The van der Waals surface area contributed by atoms with Crippen molar-refractivity contribution in [1.29, 1.82) is 0 Å². The Morgan fingerprint density at radius 2 is 2.06 bits per heavy atom. The van der Waals surface area contributed by atoms with Gasteiger partial charge in [0.1, 0.15) is 18.1 Å². The number of hydrogen-bond acceptors (Lipinski definition) is 6. The molecule has 4 rings (SSSR count). The Kier molecular flexibility index (Phi) is 6.23. The van der Waals surface area contributed by atoms with Gasteiger partial charge in [0.15, 0.2) is 21.4 Å². The second kappa shape index (κ2) is 8.93. The van der Waals surface area contributed by atoms with E-state index in [1.165, 1.54) is 17.2 Å². The maximum atomic E-state index is 14.0. The standard InChI is InChI=1S/C22H25FN2O6S/c1-14(17-4-5-19(23)20(7-17)31-10-15-2-3-15)12-32(28,29)13-18-6-16(11-30-18)8-25-9-21(26)24-22(25)27/h4-7,11,14-15H,2-3,8-10,12-13H2,1H3,(H,24,26,27)/t14-/m0/s1. The molecular formula is C22H25FN2O6S. The highest BCUT2D eigenvalue weighted by Crippen LogP contribution is 2.31. The van der Waals surface area contributed by atoms with E-state index in [0.717, 1.165) is 12.8 Å². The molecule has 1 N–H and O–H groups in total. The first-order valence-electron chi connectivity index (χ1n) is 10.5. The van der Waals surface area contributed by atoms with E-state index in [0.29, 0.717) is 23.7 Å². The van der Waals surface area contributed by atoms with Gasteiger partial charge in [0, 0.05) is 5.56 Å². The Labute approximate surface area is 185 Å². The Balaban J connectivity index is 1.36. The van der Waals surface area contributed by atoms with E-state index in [9.17, 15) is 22.4 Å². The third-order valence-electron chi connectivity index (χ3n) is 5.51. The summed E-state index contributed by atoms with van der Waals surface area (Å²) in [5.41, 5.74) is 1.29. The lowest BCUT2D eigenvalue weighted by Crippen LogP contribution is -2.27. The van der Waals surface area contributed by atoms with Crippen molar-refractivity contribution < 1.29 is 31.6 Å². The molecular weight excluding hydrogens is 439 g/mol. The summed E-state index contributed by atoms with van der Waals surface area (Å²) >= 11 is 0. The highest BCUT2D eigenvalue weighted by atomic mass is 32.2. The molecule has 1 aromatic carbocycles. The van der Waals surface area contributed by atoms with Crippen molar-refractivity contribution >= 4 is 21.8 Å². The maximum Gasteiger partial charge on any atom is 0.324 e. The Hall–Kier alpha value is -2.88. The molecule has 2 heterocycles. The van der Waals surface area contributed by atoms with E-state index in [4.69, 9.17) is 9.15 Å². The monoisotopic (exact) mass is 464 g/mol. The first-order valence-corrected chi connectivity index (χ1v) is 12.3. The number of benzene rings is 1. The van der Waals surface area contributed by atoms with Crippen LogP contribution in [0.5, 0.6) is 5.75 Å². The molecule has 3 amide bonds. The number of furan rings is 1. The van der Waals surface area contributed by atoms with E-state index in [2.05, 4.69) is 5.32 Å². The van der Waals surface area contributed by atoms with Gasteiger partial charge in [-0.05, 0) is 48.4 Å². The molecule has 0 unspecified atom stereocenters.